The molecule has 2 N–H and O–H groups in total. The second-order valence-electron chi connectivity index (χ2n) is 4.65. The Kier molecular flexibility index (Phi) is 4.90. The van der Waals surface area contributed by atoms with Crippen molar-refractivity contribution in [3.05, 3.63) is 48.3 Å². The molecule has 0 radical (unpaired) electrons. The molecule has 0 amide bonds. The Morgan fingerprint density at radius 3 is 2.75 bits per heavy atom. The minimum Gasteiger partial charge on any atom is -0.480 e. The number of aliphatic carboxylic acids is 1. The first-order valence-electron chi connectivity index (χ1n) is 6.77. The van der Waals surface area contributed by atoms with E-state index < -0.39 is 12.0 Å². The van der Waals surface area contributed by atoms with Crippen LogP contribution in [0.25, 0.3) is 5.69 Å². The van der Waals surface area contributed by atoms with E-state index in [1.807, 2.05) is 49.5 Å². The lowest BCUT2D eigenvalue weighted by Crippen LogP contribution is -2.36. The molecule has 5 nitrogen and oxygen atoms in total. The molecular formula is C15H19N3O2. The van der Waals surface area contributed by atoms with Crippen LogP contribution in [0, 0.1) is 0 Å². The fraction of sp³-hybridized carbons (Fsp3) is 0.333. The van der Waals surface area contributed by atoms with Crippen LogP contribution in [0.3, 0.4) is 0 Å². The molecule has 1 unspecified atom stereocenters. The Labute approximate surface area is 118 Å². The van der Waals surface area contributed by atoms with Crippen LogP contribution in [0.1, 0.15) is 25.5 Å². The van der Waals surface area contributed by atoms with Gasteiger partial charge in [-0.1, -0.05) is 31.5 Å². The summed E-state index contributed by atoms with van der Waals surface area (Å²) in [6.45, 7) is 2.43. The molecule has 0 bridgehead atoms. The summed E-state index contributed by atoms with van der Waals surface area (Å²) in [7, 11) is 0. The van der Waals surface area contributed by atoms with Gasteiger partial charge in [0.25, 0.3) is 0 Å². The number of nitrogens with zero attached hydrogens (tertiary/aromatic N) is 2. The van der Waals surface area contributed by atoms with Gasteiger partial charge < -0.3 is 5.11 Å². The zero-order valence-corrected chi connectivity index (χ0v) is 11.5. The Hall–Kier alpha value is -2.14. The average Bonchev–Trinajstić information content (AvgIpc) is 2.93. The molecule has 0 saturated heterocycles. The minimum atomic E-state index is -0.811. The van der Waals surface area contributed by atoms with Crippen molar-refractivity contribution in [3.8, 4) is 5.69 Å². The number of hydrogen-bond acceptors (Lipinski definition) is 3. The zero-order chi connectivity index (χ0) is 14.4. The van der Waals surface area contributed by atoms with Crippen LogP contribution in [0.15, 0.2) is 42.6 Å². The van der Waals surface area contributed by atoms with E-state index >= 15 is 0 Å². The van der Waals surface area contributed by atoms with Crippen molar-refractivity contribution in [2.45, 2.75) is 32.4 Å². The summed E-state index contributed by atoms with van der Waals surface area (Å²) < 4.78 is 1.78. The summed E-state index contributed by atoms with van der Waals surface area (Å²) in [4.78, 5) is 11.0. The van der Waals surface area contributed by atoms with Gasteiger partial charge in [-0.05, 0) is 24.6 Å². The second kappa shape index (κ2) is 6.86. The number of carbonyl (C=O) groups is 1. The molecule has 0 spiro atoms. The van der Waals surface area contributed by atoms with Crippen molar-refractivity contribution in [2.24, 2.45) is 0 Å². The number of carboxylic acids is 1. The lowest BCUT2D eigenvalue weighted by molar-refractivity contribution is -0.139. The first-order chi connectivity index (χ1) is 9.70. The number of aromatic nitrogens is 2. The Morgan fingerprint density at radius 2 is 2.10 bits per heavy atom. The predicted octanol–water partition coefficient (Wildman–Crippen LogP) is 2.22. The molecule has 1 aromatic heterocycles. The van der Waals surface area contributed by atoms with Crippen LogP contribution in [0.4, 0.5) is 0 Å². The van der Waals surface area contributed by atoms with Crippen molar-refractivity contribution >= 4 is 5.97 Å². The molecule has 20 heavy (non-hydrogen) atoms. The van der Waals surface area contributed by atoms with Gasteiger partial charge in [0.15, 0.2) is 0 Å². The average molecular weight is 273 g/mol. The second-order valence-corrected chi connectivity index (χ2v) is 4.65. The number of carboxylic acid groups (broad SMARTS) is 1. The van der Waals surface area contributed by atoms with Crippen molar-refractivity contribution in [2.75, 3.05) is 0 Å². The molecule has 1 heterocycles. The van der Waals surface area contributed by atoms with Crippen LogP contribution in [0.5, 0.6) is 0 Å². The van der Waals surface area contributed by atoms with Gasteiger partial charge in [-0.3, -0.25) is 10.1 Å². The van der Waals surface area contributed by atoms with E-state index in [-0.39, 0.29) is 0 Å². The van der Waals surface area contributed by atoms with Gasteiger partial charge in [0.2, 0.25) is 0 Å². The summed E-state index contributed by atoms with van der Waals surface area (Å²) in [5.74, 6) is -0.811. The van der Waals surface area contributed by atoms with Gasteiger partial charge in [-0.2, -0.15) is 5.10 Å². The molecular weight excluding hydrogens is 254 g/mol. The summed E-state index contributed by atoms with van der Waals surface area (Å²) in [6.07, 6.45) is 3.33. The third-order valence-electron chi connectivity index (χ3n) is 3.07. The van der Waals surface area contributed by atoms with Gasteiger partial charge in [0, 0.05) is 12.7 Å². The monoisotopic (exact) mass is 273 g/mol. The Bertz CT molecular complexity index is 551. The highest BCUT2D eigenvalue weighted by Crippen LogP contribution is 2.07. The maximum atomic E-state index is 11.0. The first-order valence-corrected chi connectivity index (χ1v) is 6.77. The van der Waals surface area contributed by atoms with E-state index in [1.54, 1.807) is 4.68 Å². The topological polar surface area (TPSA) is 67.2 Å². The predicted molar refractivity (Wildman–Crippen MR) is 76.7 cm³/mol. The van der Waals surface area contributed by atoms with E-state index in [2.05, 4.69) is 10.4 Å². The molecule has 2 rings (SSSR count). The van der Waals surface area contributed by atoms with Crippen LogP contribution < -0.4 is 5.32 Å². The molecule has 0 aliphatic carbocycles. The third kappa shape index (κ3) is 3.68. The highest BCUT2D eigenvalue weighted by atomic mass is 16.4. The lowest BCUT2D eigenvalue weighted by Gasteiger charge is -2.12. The fourth-order valence-electron chi connectivity index (χ4n) is 2.01. The highest BCUT2D eigenvalue weighted by Gasteiger charge is 2.15. The first kappa shape index (κ1) is 14.3. The number of rotatable bonds is 7. The number of nitrogens with one attached hydrogen (secondary N) is 1. The van der Waals surface area contributed by atoms with Crippen molar-refractivity contribution in [3.63, 3.8) is 0 Å². The van der Waals surface area contributed by atoms with Crippen LogP contribution in [-0.4, -0.2) is 26.9 Å². The van der Waals surface area contributed by atoms with Gasteiger partial charge in [-0.15, -0.1) is 0 Å². The largest absolute Gasteiger partial charge is 0.480 e. The number of hydrogen-bond donors (Lipinski definition) is 2. The fourth-order valence-corrected chi connectivity index (χ4v) is 2.01. The maximum absolute atomic E-state index is 11.0. The summed E-state index contributed by atoms with van der Waals surface area (Å²) in [5.41, 5.74) is 1.82. The zero-order valence-electron chi connectivity index (χ0n) is 11.5. The molecule has 1 aromatic carbocycles. The molecule has 5 heteroatoms. The van der Waals surface area contributed by atoms with Gasteiger partial charge >= 0.3 is 5.97 Å². The summed E-state index contributed by atoms with van der Waals surface area (Å²) in [5, 5.41) is 16.5. The number of para-hydroxylation sites is 1. The van der Waals surface area contributed by atoms with Gasteiger partial charge in [0.05, 0.1) is 11.4 Å². The molecule has 0 aliphatic heterocycles. The molecule has 0 aliphatic rings. The van der Waals surface area contributed by atoms with E-state index in [9.17, 15) is 4.79 Å². The van der Waals surface area contributed by atoms with Crippen LogP contribution >= 0.6 is 0 Å². The standard InChI is InChI=1S/C15H19N3O2/c1-2-6-14(15(19)20)16-11-12-9-10-18(17-12)13-7-4-3-5-8-13/h3-5,7-10,14,16H,2,6,11H2,1H3,(H,19,20). The van der Waals surface area contributed by atoms with Crippen LogP contribution in [-0.2, 0) is 11.3 Å². The van der Waals surface area contributed by atoms with E-state index in [1.165, 1.54) is 0 Å². The quantitative estimate of drug-likeness (QED) is 0.811. The highest BCUT2D eigenvalue weighted by molar-refractivity contribution is 5.73. The van der Waals surface area contributed by atoms with E-state index in [0.29, 0.717) is 13.0 Å². The summed E-state index contributed by atoms with van der Waals surface area (Å²) in [6, 6.07) is 11.2. The minimum absolute atomic E-state index is 0.455. The third-order valence-corrected chi connectivity index (χ3v) is 3.07. The lowest BCUT2D eigenvalue weighted by atomic mass is 10.1. The Balaban J connectivity index is 1.98. The molecule has 2 aromatic rings. The smallest absolute Gasteiger partial charge is 0.320 e. The summed E-state index contributed by atoms with van der Waals surface area (Å²) >= 11 is 0. The Morgan fingerprint density at radius 1 is 1.35 bits per heavy atom. The molecule has 106 valence electrons. The van der Waals surface area contributed by atoms with Gasteiger partial charge in [-0.25, -0.2) is 4.68 Å². The number of benzene rings is 1. The molecule has 1 atom stereocenters. The van der Waals surface area contributed by atoms with E-state index in [0.717, 1.165) is 17.8 Å². The molecule has 0 fully saturated rings. The molecule has 0 saturated carbocycles. The normalized spacial score (nSPS) is 12.2. The van der Waals surface area contributed by atoms with Crippen molar-refractivity contribution in [1.29, 1.82) is 0 Å². The SMILES string of the molecule is CCCC(NCc1ccn(-c2ccccc2)n1)C(=O)O. The van der Waals surface area contributed by atoms with Crippen molar-refractivity contribution in [1.82, 2.24) is 15.1 Å². The van der Waals surface area contributed by atoms with Crippen molar-refractivity contribution < 1.29 is 9.90 Å². The van der Waals surface area contributed by atoms with E-state index in [4.69, 9.17) is 5.11 Å². The van der Waals surface area contributed by atoms with Crippen LogP contribution in [0.2, 0.25) is 0 Å². The van der Waals surface area contributed by atoms with Gasteiger partial charge in [0.1, 0.15) is 6.04 Å². The maximum Gasteiger partial charge on any atom is 0.320 e.